The van der Waals surface area contributed by atoms with Crippen molar-refractivity contribution in [3.63, 3.8) is 0 Å². The van der Waals surface area contributed by atoms with Gasteiger partial charge in [-0.3, -0.25) is 0 Å². The van der Waals surface area contributed by atoms with E-state index in [4.69, 9.17) is 9.73 Å². The van der Waals surface area contributed by atoms with Crippen LogP contribution in [0.2, 0.25) is 0 Å². The van der Waals surface area contributed by atoms with Crippen LogP contribution in [0.1, 0.15) is 52.2 Å². The molecule has 0 saturated heterocycles. The molecular weight excluding hydrogens is 413 g/mol. The minimum absolute atomic E-state index is 0. The highest BCUT2D eigenvalue weighted by molar-refractivity contribution is 14.0. The summed E-state index contributed by atoms with van der Waals surface area (Å²) in [7, 11) is 0. The molecule has 0 aromatic heterocycles. The maximum absolute atomic E-state index is 5.68. The molecule has 0 radical (unpaired) electrons. The van der Waals surface area contributed by atoms with Gasteiger partial charge in [0.15, 0.2) is 5.96 Å². The summed E-state index contributed by atoms with van der Waals surface area (Å²) < 4.78 is 5.68. The zero-order valence-corrected chi connectivity index (χ0v) is 18.1. The SMILES string of the molecule is CCCOCc1ccccc1CN=C(NCC)NC(C)C(C)C.I. The normalized spacial score (nSPS) is 12.7. The van der Waals surface area contributed by atoms with Crippen LogP contribution in [0.4, 0.5) is 0 Å². The number of hydrogen-bond acceptors (Lipinski definition) is 2. The molecule has 0 heterocycles. The van der Waals surface area contributed by atoms with Crippen molar-refractivity contribution in [1.29, 1.82) is 0 Å². The lowest BCUT2D eigenvalue weighted by atomic mass is 10.1. The second kappa shape index (κ2) is 13.5. The Labute approximate surface area is 164 Å². The third-order valence-corrected chi connectivity index (χ3v) is 3.84. The van der Waals surface area contributed by atoms with E-state index in [-0.39, 0.29) is 24.0 Å². The molecule has 0 amide bonds. The third-order valence-electron chi connectivity index (χ3n) is 3.84. The number of nitrogens with zero attached hydrogens (tertiary/aromatic N) is 1. The van der Waals surface area contributed by atoms with Crippen LogP contribution in [0, 0.1) is 5.92 Å². The fourth-order valence-electron chi connectivity index (χ4n) is 2.05. The molecule has 0 aliphatic heterocycles. The highest BCUT2D eigenvalue weighted by Crippen LogP contribution is 2.12. The van der Waals surface area contributed by atoms with Crippen molar-refractivity contribution in [2.75, 3.05) is 13.2 Å². The lowest BCUT2D eigenvalue weighted by molar-refractivity contribution is 0.121. The van der Waals surface area contributed by atoms with E-state index in [1.807, 2.05) is 0 Å². The van der Waals surface area contributed by atoms with Crippen molar-refractivity contribution in [1.82, 2.24) is 10.6 Å². The van der Waals surface area contributed by atoms with Crippen molar-refractivity contribution < 1.29 is 4.74 Å². The average molecular weight is 447 g/mol. The molecule has 0 saturated carbocycles. The van der Waals surface area contributed by atoms with E-state index in [2.05, 4.69) is 69.5 Å². The molecule has 1 atom stereocenters. The Hall–Kier alpha value is -0.820. The number of aliphatic imine (C=N–C) groups is 1. The summed E-state index contributed by atoms with van der Waals surface area (Å²) in [5.74, 6) is 1.44. The quantitative estimate of drug-likeness (QED) is 0.256. The summed E-state index contributed by atoms with van der Waals surface area (Å²) in [6.07, 6.45) is 1.04. The molecule has 4 nitrogen and oxygen atoms in total. The molecule has 1 rings (SSSR count). The van der Waals surface area contributed by atoms with Crippen molar-refractivity contribution >= 4 is 29.9 Å². The summed E-state index contributed by atoms with van der Waals surface area (Å²) in [4.78, 5) is 4.73. The Kier molecular flexibility index (Phi) is 13.0. The smallest absolute Gasteiger partial charge is 0.191 e. The zero-order chi connectivity index (χ0) is 17.1. The first-order valence-electron chi connectivity index (χ1n) is 8.77. The van der Waals surface area contributed by atoms with E-state index in [9.17, 15) is 0 Å². The van der Waals surface area contributed by atoms with Gasteiger partial charge in [0.2, 0.25) is 0 Å². The first-order chi connectivity index (χ1) is 11.1. The topological polar surface area (TPSA) is 45.6 Å². The lowest BCUT2D eigenvalue weighted by Gasteiger charge is -2.20. The largest absolute Gasteiger partial charge is 0.377 e. The Morgan fingerprint density at radius 2 is 1.79 bits per heavy atom. The monoisotopic (exact) mass is 447 g/mol. The summed E-state index contributed by atoms with van der Waals surface area (Å²) in [5, 5.41) is 6.79. The fraction of sp³-hybridized carbons (Fsp3) is 0.632. The maximum Gasteiger partial charge on any atom is 0.191 e. The van der Waals surface area contributed by atoms with E-state index in [0.29, 0.717) is 25.1 Å². The second-order valence-corrected chi connectivity index (χ2v) is 6.19. The predicted molar refractivity (Wildman–Crippen MR) is 114 cm³/mol. The van der Waals surface area contributed by atoms with Crippen LogP contribution in [-0.4, -0.2) is 25.2 Å². The minimum Gasteiger partial charge on any atom is -0.377 e. The van der Waals surface area contributed by atoms with Crippen molar-refractivity contribution in [2.24, 2.45) is 10.9 Å². The molecule has 0 bridgehead atoms. The van der Waals surface area contributed by atoms with Gasteiger partial charge in [-0.2, -0.15) is 0 Å². The van der Waals surface area contributed by atoms with Gasteiger partial charge in [0.25, 0.3) is 0 Å². The first-order valence-corrected chi connectivity index (χ1v) is 8.77. The van der Waals surface area contributed by atoms with E-state index in [0.717, 1.165) is 25.5 Å². The molecule has 0 spiro atoms. The Balaban J connectivity index is 0.00000529. The number of guanidine groups is 1. The van der Waals surface area contributed by atoms with E-state index in [1.165, 1.54) is 11.1 Å². The summed E-state index contributed by atoms with van der Waals surface area (Å²) in [6.45, 7) is 13.8. The van der Waals surface area contributed by atoms with Crippen molar-refractivity contribution in [3.8, 4) is 0 Å². The van der Waals surface area contributed by atoms with Gasteiger partial charge in [-0.1, -0.05) is 45.0 Å². The molecule has 1 aromatic rings. The van der Waals surface area contributed by atoms with E-state index < -0.39 is 0 Å². The standard InChI is InChI=1S/C19H33N3O.HI/c1-6-12-23-14-18-11-9-8-10-17(18)13-21-19(20-7-2)22-16(5)15(3)4;/h8-11,15-16H,6-7,12-14H2,1-5H3,(H2,20,21,22);1H. The molecule has 1 unspecified atom stereocenters. The Bertz CT molecular complexity index is 477. The van der Waals surface area contributed by atoms with Gasteiger partial charge in [0.05, 0.1) is 13.2 Å². The maximum atomic E-state index is 5.68. The third kappa shape index (κ3) is 8.87. The van der Waals surface area contributed by atoms with E-state index >= 15 is 0 Å². The lowest BCUT2D eigenvalue weighted by Crippen LogP contribution is -2.44. The fourth-order valence-corrected chi connectivity index (χ4v) is 2.05. The molecule has 24 heavy (non-hydrogen) atoms. The molecule has 5 heteroatoms. The van der Waals surface area contributed by atoms with Crippen LogP contribution in [0.15, 0.2) is 29.3 Å². The number of benzene rings is 1. The average Bonchev–Trinajstić information content (AvgIpc) is 2.54. The van der Waals surface area contributed by atoms with Gasteiger partial charge in [0, 0.05) is 19.2 Å². The summed E-state index contributed by atoms with van der Waals surface area (Å²) in [6, 6.07) is 8.75. The molecule has 1 aromatic carbocycles. The predicted octanol–water partition coefficient (Wildman–Crippen LogP) is 4.33. The molecule has 2 N–H and O–H groups in total. The number of nitrogens with one attached hydrogen (secondary N) is 2. The molecule has 138 valence electrons. The highest BCUT2D eigenvalue weighted by atomic mass is 127. The van der Waals surface area contributed by atoms with Gasteiger partial charge in [-0.25, -0.2) is 4.99 Å². The number of rotatable bonds is 9. The second-order valence-electron chi connectivity index (χ2n) is 6.19. The number of halogens is 1. The minimum atomic E-state index is 0. The van der Waals surface area contributed by atoms with Crippen LogP contribution in [0.3, 0.4) is 0 Å². The summed E-state index contributed by atoms with van der Waals surface area (Å²) in [5.41, 5.74) is 2.44. The van der Waals surface area contributed by atoms with Crippen LogP contribution in [-0.2, 0) is 17.9 Å². The van der Waals surface area contributed by atoms with Crippen molar-refractivity contribution in [2.45, 2.75) is 60.2 Å². The zero-order valence-electron chi connectivity index (χ0n) is 15.8. The van der Waals surface area contributed by atoms with Crippen LogP contribution >= 0.6 is 24.0 Å². The molecule has 0 aliphatic rings. The van der Waals surface area contributed by atoms with Gasteiger partial charge < -0.3 is 15.4 Å². The Morgan fingerprint density at radius 1 is 1.12 bits per heavy atom. The molecular formula is C19H34IN3O. The summed E-state index contributed by atoms with van der Waals surface area (Å²) >= 11 is 0. The van der Waals surface area contributed by atoms with Gasteiger partial charge in [0.1, 0.15) is 0 Å². The first kappa shape index (κ1) is 23.2. The van der Waals surface area contributed by atoms with Gasteiger partial charge in [-0.15, -0.1) is 24.0 Å². The Morgan fingerprint density at radius 3 is 2.38 bits per heavy atom. The number of hydrogen-bond donors (Lipinski definition) is 2. The van der Waals surface area contributed by atoms with Crippen LogP contribution in [0.25, 0.3) is 0 Å². The highest BCUT2D eigenvalue weighted by Gasteiger charge is 2.09. The number of ether oxygens (including phenoxy) is 1. The molecule has 0 aliphatic carbocycles. The van der Waals surface area contributed by atoms with Crippen LogP contribution in [0.5, 0.6) is 0 Å². The molecule has 0 fully saturated rings. The van der Waals surface area contributed by atoms with Gasteiger partial charge >= 0.3 is 0 Å². The van der Waals surface area contributed by atoms with Crippen LogP contribution < -0.4 is 10.6 Å². The van der Waals surface area contributed by atoms with Crippen molar-refractivity contribution in [3.05, 3.63) is 35.4 Å². The van der Waals surface area contributed by atoms with Gasteiger partial charge in [-0.05, 0) is 37.3 Å². The van der Waals surface area contributed by atoms with E-state index in [1.54, 1.807) is 0 Å².